The molecule has 9 nitrogen and oxygen atoms in total. The van der Waals surface area contributed by atoms with Gasteiger partial charge in [-0.3, -0.25) is 4.57 Å². The summed E-state index contributed by atoms with van der Waals surface area (Å²) in [6.45, 7) is 10.0. The van der Waals surface area contributed by atoms with Crippen LogP contribution < -0.4 is 14.4 Å². The highest BCUT2D eigenvalue weighted by atomic mass is 79.9. The van der Waals surface area contributed by atoms with Crippen molar-refractivity contribution in [1.29, 1.82) is 0 Å². The molecule has 4 rings (SSSR count). The molecule has 0 spiro atoms. The number of benzene rings is 2. The number of nitrogens with one attached hydrogen (secondary N) is 1. The van der Waals surface area contributed by atoms with Crippen molar-refractivity contribution in [3.05, 3.63) is 58.3 Å². The van der Waals surface area contributed by atoms with E-state index < -0.39 is 16.1 Å². The highest BCUT2D eigenvalue weighted by molar-refractivity contribution is 9.10. The summed E-state index contributed by atoms with van der Waals surface area (Å²) in [4.78, 5) is 4.85. The van der Waals surface area contributed by atoms with Gasteiger partial charge in [0, 0.05) is 49.0 Å². The Morgan fingerprint density at radius 1 is 1.11 bits per heavy atom. The number of piperazine rings is 1. The maximum Gasteiger partial charge on any atom is 0.322 e. The van der Waals surface area contributed by atoms with Gasteiger partial charge in [-0.25, -0.2) is 13.1 Å². The second kappa shape index (κ2) is 10.7. The monoisotopic (exact) mass is 562 g/mol. The van der Waals surface area contributed by atoms with Crippen LogP contribution in [0.5, 0.6) is 11.8 Å². The number of anilines is 1. The molecule has 1 aliphatic heterocycles. The Labute approximate surface area is 215 Å². The van der Waals surface area contributed by atoms with E-state index >= 15 is 0 Å². The molecule has 0 aliphatic carbocycles. The highest BCUT2D eigenvalue weighted by Gasteiger charge is 2.24. The summed E-state index contributed by atoms with van der Waals surface area (Å²) >= 11 is 3.41. The van der Waals surface area contributed by atoms with Crippen molar-refractivity contribution in [3.63, 3.8) is 0 Å². The topological polar surface area (TPSA) is 92.6 Å². The zero-order valence-electron chi connectivity index (χ0n) is 20.4. The molecule has 1 fully saturated rings. The first-order valence-electron chi connectivity index (χ1n) is 11.6. The molecule has 1 aliphatic rings. The van der Waals surface area contributed by atoms with Crippen LogP contribution in [0.2, 0.25) is 0 Å². The molecule has 1 aromatic heterocycles. The first-order chi connectivity index (χ1) is 16.7. The normalized spacial score (nSPS) is 15.9. The van der Waals surface area contributed by atoms with E-state index in [-0.39, 0.29) is 4.90 Å². The van der Waals surface area contributed by atoms with Crippen molar-refractivity contribution in [1.82, 2.24) is 24.4 Å². The quantitative estimate of drug-likeness (QED) is 0.444. The minimum absolute atomic E-state index is 0.199. The summed E-state index contributed by atoms with van der Waals surface area (Å²) in [6.07, 6.45) is 0. The first-order valence-corrected chi connectivity index (χ1v) is 13.9. The largest absolute Gasteiger partial charge is 0.424 e. The molecule has 188 valence electrons. The molecule has 0 unspecified atom stereocenters. The van der Waals surface area contributed by atoms with Gasteiger partial charge in [0.2, 0.25) is 10.0 Å². The Kier molecular flexibility index (Phi) is 7.80. The maximum atomic E-state index is 13.0. The fourth-order valence-corrected chi connectivity index (χ4v) is 5.58. The number of aryl methyl sites for hydroxylation is 1. The fraction of sp³-hybridized carbons (Fsp3) is 0.417. The molecule has 11 heteroatoms. The molecular weight excluding hydrogens is 532 g/mol. The molecule has 0 amide bonds. The maximum absolute atomic E-state index is 13.0. The third-order valence-corrected chi connectivity index (χ3v) is 8.54. The summed E-state index contributed by atoms with van der Waals surface area (Å²) in [7, 11) is -1.61. The van der Waals surface area contributed by atoms with Gasteiger partial charge < -0.3 is 14.5 Å². The molecule has 1 saturated heterocycles. The predicted molar refractivity (Wildman–Crippen MR) is 140 cm³/mol. The molecule has 0 saturated carbocycles. The number of hydrogen-bond acceptors (Lipinski definition) is 7. The molecule has 3 aromatic rings. The van der Waals surface area contributed by atoms with E-state index in [0.29, 0.717) is 24.1 Å². The van der Waals surface area contributed by atoms with E-state index in [4.69, 9.17) is 4.74 Å². The predicted octanol–water partition coefficient (Wildman–Crippen LogP) is 3.95. The van der Waals surface area contributed by atoms with Crippen molar-refractivity contribution in [2.75, 3.05) is 38.1 Å². The van der Waals surface area contributed by atoms with Crippen LogP contribution in [0.25, 0.3) is 0 Å². The SMILES string of the molecule is CCn1c(Oc2cccc(N3CCN(C)CC3)c2)nnc1[C@@H](C)NS(=O)(=O)c1ccc(Br)c(C)c1. The lowest BCUT2D eigenvalue weighted by Gasteiger charge is -2.34. The highest BCUT2D eigenvalue weighted by Crippen LogP contribution is 2.28. The van der Waals surface area contributed by atoms with E-state index in [2.05, 4.69) is 53.8 Å². The third-order valence-electron chi connectivity index (χ3n) is 6.12. The molecule has 0 radical (unpaired) electrons. The molecule has 1 atom stereocenters. The number of ether oxygens (including phenoxy) is 1. The zero-order chi connectivity index (χ0) is 25.2. The van der Waals surface area contributed by atoms with Crippen molar-refractivity contribution >= 4 is 31.6 Å². The summed E-state index contributed by atoms with van der Waals surface area (Å²) in [5, 5.41) is 8.46. The molecular formula is C24H31BrN6O3S. The number of nitrogens with zero attached hydrogens (tertiary/aromatic N) is 5. The van der Waals surface area contributed by atoms with Gasteiger partial charge in [0.1, 0.15) is 5.75 Å². The van der Waals surface area contributed by atoms with E-state index in [1.54, 1.807) is 29.7 Å². The van der Waals surface area contributed by atoms with Gasteiger partial charge in [-0.1, -0.05) is 27.1 Å². The van der Waals surface area contributed by atoms with Gasteiger partial charge in [-0.05, 0) is 63.7 Å². The second-order valence-electron chi connectivity index (χ2n) is 8.73. The average molecular weight is 564 g/mol. The number of aromatic nitrogens is 3. The van der Waals surface area contributed by atoms with Gasteiger partial charge in [0.25, 0.3) is 0 Å². The number of sulfonamides is 1. The van der Waals surface area contributed by atoms with Gasteiger partial charge in [-0.2, -0.15) is 0 Å². The minimum atomic E-state index is -3.75. The van der Waals surface area contributed by atoms with Gasteiger partial charge in [-0.15, -0.1) is 5.10 Å². The van der Waals surface area contributed by atoms with Crippen LogP contribution in [-0.4, -0.2) is 61.3 Å². The average Bonchev–Trinajstić information content (AvgIpc) is 3.23. The smallest absolute Gasteiger partial charge is 0.322 e. The summed E-state index contributed by atoms with van der Waals surface area (Å²) in [5.74, 6) is 1.14. The Morgan fingerprint density at radius 3 is 2.54 bits per heavy atom. The van der Waals surface area contributed by atoms with Gasteiger partial charge in [0.15, 0.2) is 5.82 Å². The van der Waals surface area contributed by atoms with E-state index in [9.17, 15) is 8.42 Å². The molecule has 35 heavy (non-hydrogen) atoms. The lowest BCUT2D eigenvalue weighted by atomic mass is 10.2. The summed E-state index contributed by atoms with van der Waals surface area (Å²) in [6, 6.07) is 12.6. The number of rotatable bonds is 8. The van der Waals surface area contributed by atoms with Crippen molar-refractivity contribution in [2.24, 2.45) is 0 Å². The Hall–Kier alpha value is -2.47. The number of hydrogen-bond donors (Lipinski definition) is 1. The van der Waals surface area contributed by atoms with Crippen LogP contribution in [0.3, 0.4) is 0 Å². The van der Waals surface area contributed by atoms with Crippen LogP contribution in [-0.2, 0) is 16.6 Å². The second-order valence-corrected chi connectivity index (χ2v) is 11.3. The zero-order valence-corrected chi connectivity index (χ0v) is 22.8. The van der Waals surface area contributed by atoms with E-state index in [1.807, 2.05) is 32.0 Å². The molecule has 1 N–H and O–H groups in total. The van der Waals surface area contributed by atoms with Crippen LogP contribution in [0, 0.1) is 6.92 Å². The van der Waals surface area contributed by atoms with Crippen LogP contribution >= 0.6 is 15.9 Å². The van der Waals surface area contributed by atoms with Crippen molar-refractivity contribution in [2.45, 2.75) is 38.3 Å². The van der Waals surface area contributed by atoms with Gasteiger partial charge >= 0.3 is 6.01 Å². The minimum Gasteiger partial charge on any atom is -0.424 e. The molecule has 0 bridgehead atoms. The van der Waals surface area contributed by atoms with Crippen molar-refractivity contribution in [3.8, 4) is 11.8 Å². The number of halogens is 1. The first kappa shape index (κ1) is 25.6. The molecule has 2 heterocycles. The molecule has 2 aromatic carbocycles. The fourth-order valence-electron chi connectivity index (χ4n) is 4.04. The lowest BCUT2D eigenvalue weighted by molar-refractivity contribution is 0.312. The van der Waals surface area contributed by atoms with Crippen LogP contribution in [0.15, 0.2) is 51.8 Å². The van der Waals surface area contributed by atoms with Gasteiger partial charge in [0.05, 0.1) is 10.9 Å². The van der Waals surface area contributed by atoms with Crippen LogP contribution in [0.1, 0.15) is 31.3 Å². The van der Waals surface area contributed by atoms with E-state index in [1.165, 1.54) is 0 Å². The lowest BCUT2D eigenvalue weighted by Crippen LogP contribution is -2.44. The number of likely N-dealkylation sites (N-methyl/N-ethyl adjacent to an activating group) is 1. The summed E-state index contributed by atoms with van der Waals surface area (Å²) in [5.41, 5.74) is 1.94. The standard InChI is InChI=1S/C24H31BrN6O3S/c1-5-31-23(18(3)28-35(32,33)21-9-10-22(25)17(2)15-21)26-27-24(31)34-20-8-6-7-19(16-20)30-13-11-29(4)12-14-30/h6-10,15-16,18,28H,5,11-14H2,1-4H3/t18-/m1/s1. The summed E-state index contributed by atoms with van der Waals surface area (Å²) < 4.78 is 37.4. The van der Waals surface area contributed by atoms with Crippen LogP contribution in [0.4, 0.5) is 5.69 Å². The third kappa shape index (κ3) is 5.85. The Balaban J connectivity index is 1.51. The Bertz CT molecular complexity index is 1290. The van der Waals surface area contributed by atoms with Crippen molar-refractivity contribution < 1.29 is 13.2 Å². The van der Waals surface area contributed by atoms with E-state index in [0.717, 1.165) is 41.9 Å². The Morgan fingerprint density at radius 2 is 1.86 bits per heavy atom.